The van der Waals surface area contributed by atoms with Crippen molar-refractivity contribution in [2.45, 2.75) is 31.6 Å². The van der Waals surface area contributed by atoms with E-state index >= 15 is 0 Å². The van der Waals surface area contributed by atoms with E-state index < -0.39 is 0 Å². The molecule has 2 aromatic rings. The largest absolute Gasteiger partial charge is 0.326 e. The predicted octanol–water partition coefficient (Wildman–Crippen LogP) is 4.29. The highest BCUT2D eigenvalue weighted by molar-refractivity contribution is 5.96. The van der Waals surface area contributed by atoms with Gasteiger partial charge < -0.3 is 5.32 Å². The summed E-state index contributed by atoms with van der Waals surface area (Å²) in [6, 6.07) is 12.7. The van der Waals surface area contributed by atoms with Crippen LogP contribution in [0.5, 0.6) is 0 Å². The normalized spacial score (nSPS) is 19.3. The van der Waals surface area contributed by atoms with Crippen LogP contribution in [0.2, 0.25) is 0 Å². The van der Waals surface area contributed by atoms with Crippen LogP contribution in [0.25, 0.3) is 6.08 Å². The van der Waals surface area contributed by atoms with Gasteiger partial charge in [-0.3, -0.25) is 4.79 Å². The summed E-state index contributed by atoms with van der Waals surface area (Å²) in [6.45, 7) is 3.92. The first kappa shape index (κ1) is 13.3. The van der Waals surface area contributed by atoms with E-state index in [2.05, 4.69) is 36.2 Å². The van der Waals surface area contributed by atoms with Gasteiger partial charge in [0.25, 0.3) is 0 Å². The number of benzene rings is 2. The van der Waals surface area contributed by atoms with E-state index in [9.17, 15) is 4.79 Å². The first-order chi connectivity index (χ1) is 10.8. The first-order valence-corrected chi connectivity index (χ1v) is 7.94. The molecule has 0 aromatic heterocycles. The number of hydrogen-bond acceptors (Lipinski definition) is 1. The van der Waals surface area contributed by atoms with Crippen LogP contribution < -0.4 is 5.32 Å². The number of fused-ring (bicyclic) bond motifs is 3. The Balaban J connectivity index is 1.90. The van der Waals surface area contributed by atoms with Gasteiger partial charge in [-0.15, -0.1) is 0 Å². The summed E-state index contributed by atoms with van der Waals surface area (Å²) >= 11 is 0. The quantitative estimate of drug-likeness (QED) is 0.877. The summed E-state index contributed by atoms with van der Waals surface area (Å²) in [5.41, 5.74) is 7.41. The van der Waals surface area contributed by atoms with Gasteiger partial charge in [-0.2, -0.15) is 0 Å². The highest BCUT2D eigenvalue weighted by Gasteiger charge is 2.30. The summed E-state index contributed by atoms with van der Waals surface area (Å²) in [5, 5.41) is 3.13. The Hall–Kier alpha value is -2.35. The maximum atomic E-state index is 12.3. The second-order valence-corrected chi connectivity index (χ2v) is 6.16. The van der Waals surface area contributed by atoms with Crippen molar-refractivity contribution < 1.29 is 4.79 Å². The molecule has 2 aliphatic rings. The number of anilines is 1. The number of rotatable bonds is 2. The van der Waals surface area contributed by atoms with Gasteiger partial charge in [0.15, 0.2) is 0 Å². The van der Waals surface area contributed by atoms with Crippen LogP contribution in [0, 0.1) is 0 Å². The lowest BCUT2D eigenvalue weighted by Crippen LogP contribution is -2.25. The van der Waals surface area contributed by atoms with Crippen molar-refractivity contribution in [3.8, 4) is 0 Å². The summed E-state index contributed by atoms with van der Waals surface area (Å²) in [6.07, 6.45) is 5.79. The standard InChI is InChI=1S/C20H19NO/c1-2-13-6-3-4-8-15(13)18-12-19(22)21-20-16-9-5-7-14(16)10-11-17(18)20/h2-4,6,8,10-11,18H,1,5,7,9,12H2,(H,21,22). The van der Waals surface area contributed by atoms with Crippen molar-refractivity contribution in [1.82, 2.24) is 0 Å². The highest BCUT2D eigenvalue weighted by atomic mass is 16.1. The third-order valence-electron chi connectivity index (χ3n) is 4.94. The Morgan fingerprint density at radius 1 is 1.09 bits per heavy atom. The number of carbonyl (C=O) groups is 1. The predicted molar refractivity (Wildman–Crippen MR) is 90.1 cm³/mol. The molecule has 2 nitrogen and oxygen atoms in total. The smallest absolute Gasteiger partial charge is 0.225 e. The van der Waals surface area contributed by atoms with Crippen LogP contribution >= 0.6 is 0 Å². The summed E-state index contributed by atoms with van der Waals surface area (Å²) in [5.74, 6) is 0.250. The molecule has 0 saturated heterocycles. The van der Waals surface area contributed by atoms with Gasteiger partial charge in [0.1, 0.15) is 0 Å². The molecule has 1 unspecified atom stereocenters. The van der Waals surface area contributed by atoms with Gasteiger partial charge in [-0.25, -0.2) is 0 Å². The molecule has 1 atom stereocenters. The highest BCUT2D eigenvalue weighted by Crippen LogP contribution is 2.43. The Kier molecular flexibility index (Phi) is 3.11. The zero-order valence-electron chi connectivity index (χ0n) is 12.6. The molecule has 4 rings (SSSR count). The van der Waals surface area contributed by atoms with Crippen LogP contribution in [0.3, 0.4) is 0 Å². The average molecular weight is 289 g/mol. The molecule has 0 radical (unpaired) electrons. The van der Waals surface area contributed by atoms with Crippen LogP contribution in [0.1, 0.15) is 46.6 Å². The minimum absolute atomic E-state index is 0.122. The van der Waals surface area contributed by atoms with Crippen molar-refractivity contribution in [3.63, 3.8) is 0 Å². The molecule has 0 fully saturated rings. The number of amides is 1. The molecular formula is C20H19NO. The van der Waals surface area contributed by atoms with Crippen LogP contribution in [0.4, 0.5) is 5.69 Å². The van der Waals surface area contributed by atoms with Crippen LogP contribution in [0.15, 0.2) is 43.0 Å². The van der Waals surface area contributed by atoms with Gasteiger partial charge in [-0.1, -0.05) is 49.1 Å². The first-order valence-electron chi connectivity index (χ1n) is 7.94. The minimum atomic E-state index is 0.122. The Bertz CT molecular complexity index is 775. The maximum absolute atomic E-state index is 12.3. The molecule has 2 aromatic carbocycles. The van der Waals surface area contributed by atoms with E-state index in [1.165, 1.54) is 28.7 Å². The van der Waals surface area contributed by atoms with E-state index in [-0.39, 0.29) is 11.8 Å². The third kappa shape index (κ3) is 1.98. The fraction of sp³-hybridized carbons (Fsp3) is 0.250. The SMILES string of the molecule is C=Cc1ccccc1C1CC(=O)Nc2c1ccc1c2CCC1. The second kappa shape index (κ2) is 5.13. The van der Waals surface area contributed by atoms with Crippen molar-refractivity contribution in [1.29, 1.82) is 0 Å². The molecule has 1 heterocycles. The molecule has 2 heteroatoms. The van der Waals surface area contributed by atoms with Gasteiger partial charge in [0.2, 0.25) is 5.91 Å². The third-order valence-corrected chi connectivity index (χ3v) is 4.94. The van der Waals surface area contributed by atoms with Gasteiger partial charge >= 0.3 is 0 Å². The molecule has 1 amide bonds. The second-order valence-electron chi connectivity index (χ2n) is 6.16. The molecule has 0 spiro atoms. The zero-order chi connectivity index (χ0) is 15.1. The van der Waals surface area contributed by atoms with Gasteiger partial charge in [-0.05, 0) is 47.1 Å². The van der Waals surface area contributed by atoms with Crippen LogP contribution in [-0.4, -0.2) is 5.91 Å². The fourth-order valence-corrected chi connectivity index (χ4v) is 3.90. The van der Waals surface area contributed by atoms with Crippen molar-refractivity contribution in [2.75, 3.05) is 5.32 Å². The van der Waals surface area contributed by atoms with Crippen molar-refractivity contribution in [3.05, 3.63) is 70.8 Å². The lowest BCUT2D eigenvalue weighted by Gasteiger charge is -2.29. The lowest BCUT2D eigenvalue weighted by molar-refractivity contribution is -0.116. The van der Waals surface area contributed by atoms with Crippen molar-refractivity contribution in [2.24, 2.45) is 0 Å². The summed E-state index contributed by atoms with van der Waals surface area (Å²) in [7, 11) is 0. The average Bonchev–Trinajstić information content (AvgIpc) is 3.03. The number of carbonyl (C=O) groups excluding carboxylic acids is 1. The fourth-order valence-electron chi connectivity index (χ4n) is 3.90. The van der Waals surface area contributed by atoms with E-state index in [0.717, 1.165) is 24.1 Å². The van der Waals surface area contributed by atoms with E-state index in [4.69, 9.17) is 0 Å². The molecule has 1 aliphatic heterocycles. The molecule has 1 aliphatic carbocycles. The van der Waals surface area contributed by atoms with E-state index in [1.54, 1.807) is 0 Å². The van der Waals surface area contributed by atoms with E-state index in [0.29, 0.717) is 6.42 Å². The maximum Gasteiger partial charge on any atom is 0.225 e. The molecule has 110 valence electrons. The van der Waals surface area contributed by atoms with Gasteiger partial charge in [0.05, 0.1) is 0 Å². The number of hydrogen-bond donors (Lipinski definition) is 1. The Labute approximate surface area is 130 Å². The number of nitrogens with one attached hydrogen (secondary N) is 1. The summed E-state index contributed by atoms with van der Waals surface area (Å²) in [4.78, 5) is 12.3. The lowest BCUT2D eigenvalue weighted by atomic mass is 9.81. The topological polar surface area (TPSA) is 29.1 Å². The minimum Gasteiger partial charge on any atom is -0.326 e. The molecule has 0 bridgehead atoms. The zero-order valence-corrected chi connectivity index (χ0v) is 12.6. The number of aryl methyl sites for hydroxylation is 1. The molecule has 0 saturated carbocycles. The Morgan fingerprint density at radius 2 is 1.95 bits per heavy atom. The molecular weight excluding hydrogens is 270 g/mol. The van der Waals surface area contributed by atoms with Crippen LogP contribution in [-0.2, 0) is 17.6 Å². The van der Waals surface area contributed by atoms with Crippen molar-refractivity contribution >= 4 is 17.7 Å². The molecule has 1 N–H and O–H groups in total. The molecule has 22 heavy (non-hydrogen) atoms. The van der Waals surface area contributed by atoms with Gasteiger partial charge in [0, 0.05) is 18.0 Å². The Morgan fingerprint density at radius 3 is 2.82 bits per heavy atom. The van der Waals surface area contributed by atoms with E-state index in [1.807, 2.05) is 18.2 Å². The summed E-state index contributed by atoms with van der Waals surface area (Å²) < 4.78 is 0. The monoisotopic (exact) mass is 289 g/mol.